The number of benzene rings is 1. The number of oxime groups is 1. The lowest BCUT2D eigenvalue weighted by Crippen LogP contribution is -2.50. The van der Waals surface area contributed by atoms with Crippen LogP contribution in [0.3, 0.4) is 0 Å². The maximum atomic E-state index is 12.5. The lowest BCUT2D eigenvalue weighted by molar-refractivity contribution is -0.141. The van der Waals surface area contributed by atoms with Gasteiger partial charge in [0, 0.05) is 6.42 Å². The Bertz CT molecular complexity index is 609. The first-order valence-corrected chi connectivity index (χ1v) is 6.78. The number of carbonyl (C=O) groups is 2. The SMILES string of the molecule is CC1(C)COC(=O)N1C(=O)[C@H]1CC(c2ccccc2)=NO1. The molecule has 0 N–H and O–H groups in total. The van der Waals surface area contributed by atoms with Crippen LogP contribution in [0.4, 0.5) is 4.79 Å². The van der Waals surface area contributed by atoms with E-state index in [9.17, 15) is 9.59 Å². The minimum Gasteiger partial charge on any atom is -0.447 e. The Morgan fingerprint density at radius 3 is 2.67 bits per heavy atom. The van der Waals surface area contributed by atoms with Gasteiger partial charge in [0.15, 0.2) is 0 Å². The molecule has 2 aliphatic rings. The van der Waals surface area contributed by atoms with Crippen molar-refractivity contribution in [3.63, 3.8) is 0 Å². The normalized spacial score (nSPS) is 23.5. The van der Waals surface area contributed by atoms with Crippen LogP contribution >= 0.6 is 0 Å². The largest absolute Gasteiger partial charge is 0.447 e. The van der Waals surface area contributed by atoms with Gasteiger partial charge in [-0.2, -0.15) is 0 Å². The minimum atomic E-state index is -0.773. The van der Waals surface area contributed by atoms with Gasteiger partial charge in [-0.15, -0.1) is 0 Å². The maximum absolute atomic E-state index is 12.5. The first-order chi connectivity index (χ1) is 9.99. The van der Waals surface area contributed by atoms with Crippen LogP contribution in [0.5, 0.6) is 0 Å². The van der Waals surface area contributed by atoms with Crippen molar-refractivity contribution in [2.45, 2.75) is 31.9 Å². The van der Waals surface area contributed by atoms with Crippen LogP contribution in [0.25, 0.3) is 0 Å². The highest BCUT2D eigenvalue weighted by Crippen LogP contribution is 2.27. The van der Waals surface area contributed by atoms with E-state index >= 15 is 0 Å². The van der Waals surface area contributed by atoms with E-state index < -0.39 is 23.6 Å². The van der Waals surface area contributed by atoms with Gasteiger partial charge < -0.3 is 9.57 Å². The monoisotopic (exact) mass is 288 g/mol. The molecular formula is C15H16N2O4. The molecule has 0 bridgehead atoms. The number of rotatable bonds is 2. The van der Waals surface area contributed by atoms with Crippen LogP contribution in [-0.4, -0.2) is 40.9 Å². The molecule has 2 amide bonds. The molecule has 6 heteroatoms. The summed E-state index contributed by atoms with van der Waals surface area (Å²) in [6.45, 7) is 3.75. The number of nitrogens with zero attached hydrogens (tertiary/aromatic N) is 2. The summed E-state index contributed by atoms with van der Waals surface area (Å²) in [5.41, 5.74) is 0.961. The van der Waals surface area contributed by atoms with E-state index in [-0.39, 0.29) is 6.61 Å². The number of carbonyl (C=O) groups excluding carboxylic acids is 2. The second-order valence-corrected chi connectivity index (χ2v) is 5.74. The fourth-order valence-electron chi connectivity index (χ4n) is 2.46. The summed E-state index contributed by atoms with van der Waals surface area (Å²) in [6, 6.07) is 9.51. The van der Waals surface area contributed by atoms with E-state index in [0.29, 0.717) is 12.1 Å². The van der Waals surface area contributed by atoms with Gasteiger partial charge in [0.05, 0.1) is 11.3 Å². The molecule has 1 atom stereocenters. The number of imide groups is 1. The highest BCUT2D eigenvalue weighted by molar-refractivity contribution is 6.06. The average molecular weight is 288 g/mol. The molecule has 0 unspecified atom stereocenters. The Balaban J connectivity index is 1.73. The molecule has 110 valence electrons. The third kappa shape index (κ3) is 2.37. The summed E-state index contributed by atoms with van der Waals surface area (Å²) < 4.78 is 4.95. The summed E-state index contributed by atoms with van der Waals surface area (Å²) in [4.78, 5) is 30.6. The van der Waals surface area contributed by atoms with Crippen LogP contribution in [0.2, 0.25) is 0 Å². The lowest BCUT2D eigenvalue weighted by Gasteiger charge is -2.27. The molecule has 2 heterocycles. The van der Waals surface area contributed by atoms with Gasteiger partial charge >= 0.3 is 6.09 Å². The van der Waals surface area contributed by atoms with Gasteiger partial charge in [0.1, 0.15) is 6.61 Å². The van der Waals surface area contributed by atoms with Crippen molar-refractivity contribution in [1.29, 1.82) is 0 Å². The van der Waals surface area contributed by atoms with Crippen molar-refractivity contribution in [2.24, 2.45) is 5.16 Å². The highest BCUT2D eigenvalue weighted by Gasteiger charge is 2.48. The second-order valence-electron chi connectivity index (χ2n) is 5.74. The second kappa shape index (κ2) is 4.87. The lowest BCUT2D eigenvalue weighted by atomic mass is 10.0. The fourth-order valence-corrected chi connectivity index (χ4v) is 2.46. The molecule has 1 aromatic rings. The van der Waals surface area contributed by atoms with Crippen LogP contribution in [0, 0.1) is 0 Å². The number of hydrogen-bond acceptors (Lipinski definition) is 5. The van der Waals surface area contributed by atoms with E-state index in [2.05, 4.69) is 5.16 Å². The molecule has 6 nitrogen and oxygen atoms in total. The molecule has 0 radical (unpaired) electrons. The molecule has 3 rings (SSSR count). The zero-order valence-corrected chi connectivity index (χ0v) is 11.9. The third-order valence-corrected chi connectivity index (χ3v) is 3.61. The van der Waals surface area contributed by atoms with E-state index in [0.717, 1.165) is 10.5 Å². The van der Waals surface area contributed by atoms with Gasteiger partial charge in [-0.3, -0.25) is 4.79 Å². The third-order valence-electron chi connectivity index (χ3n) is 3.61. The van der Waals surface area contributed by atoms with E-state index in [1.54, 1.807) is 13.8 Å². The van der Waals surface area contributed by atoms with Gasteiger partial charge in [0.25, 0.3) is 5.91 Å². The summed E-state index contributed by atoms with van der Waals surface area (Å²) >= 11 is 0. The smallest absolute Gasteiger partial charge is 0.417 e. The summed E-state index contributed by atoms with van der Waals surface area (Å²) in [6.07, 6.45) is -1.05. The molecule has 0 aromatic heterocycles. The summed E-state index contributed by atoms with van der Waals surface area (Å²) in [7, 11) is 0. The Labute approximate surface area is 122 Å². The minimum absolute atomic E-state index is 0.191. The highest BCUT2D eigenvalue weighted by atomic mass is 16.6. The first kappa shape index (κ1) is 13.6. The Hall–Kier alpha value is -2.37. The van der Waals surface area contributed by atoms with Gasteiger partial charge in [-0.25, -0.2) is 9.69 Å². The Morgan fingerprint density at radius 2 is 2.05 bits per heavy atom. The van der Waals surface area contributed by atoms with Crippen LogP contribution in [0.15, 0.2) is 35.5 Å². The molecule has 0 aliphatic carbocycles. The summed E-state index contributed by atoms with van der Waals surface area (Å²) in [5.74, 6) is -0.405. The van der Waals surface area contributed by atoms with Gasteiger partial charge in [-0.1, -0.05) is 35.5 Å². The molecule has 2 aliphatic heterocycles. The van der Waals surface area contributed by atoms with E-state index in [4.69, 9.17) is 9.57 Å². The topological polar surface area (TPSA) is 68.2 Å². The van der Waals surface area contributed by atoms with Crippen molar-refractivity contribution in [3.8, 4) is 0 Å². The average Bonchev–Trinajstić information content (AvgIpc) is 3.05. The number of hydrogen-bond donors (Lipinski definition) is 0. The first-order valence-electron chi connectivity index (χ1n) is 6.78. The standard InChI is InChI=1S/C15H16N2O4/c1-15(2)9-20-14(19)17(15)13(18)12-8-11(16-21-12)10-6-4-3-5-7-10/h3-7,12H,8-9H2,1-2H3/t12-/m1/s1. The molecule has 21 heavy (non-hydrogen) atoms. The van der Waals surface area contributed by atoms with Gasteiger partial charge in [0.2, 0.25) is 6.10 Å². The van der Waals surface area contributed by atoms with Crippen LogP contribution in [-0.2, 0) is 14.4 Å². The van der Waals surface area contributed by atoms with Crippen molar-refractivity contribution >= 4 is 17.7 Å². The fraction of sp³-hybridized carbons (Fsp3) is 0.400. The molecular weight excluding hydrogens is 272 g/mol. The molecule has 0 spiro atoms. The summed E-state index contributed by atoms with van der Waals surface area (Å²) in [5, 5.41) is 3.97. The van der Waals surface area contributed by atoms with Crippen molar-refractivity contribution in [2.75, 3.05) is 6.61 Å². The van der Waals surface area contributed by atoms with Gasteiger partial charge in [-0.05, 0) is 19.4 Å². The van der Waals surface area contributed by atoms with Crippen molar-refractivity contribution in [3.05, 3.63) is 35.9 Å². The quantitative estimate of drug-likeness (QED) is 0.834. The van der Waals surface area contributed by atoms with E-state index in [1.807, 2.05) is 30.3 Å². The maximum Gasteiger partial charge on any atom is 0.417 e. The van der Waals surface area contributed by atoms with Crippen LogP contribution < -0.4 is 0 Å². The zero-order valence-electron chi connectivity index (χ0n) is 11.9. The number of amides is 2. The molecule has 1 aromatic carbocycles. The Kier molecular flexibility index (Phi) is 3.16. The van der Waals surface area contributed by atoms with Crippen molar-refractivity contribution in [1.82, 2.24) is 4.90 Å². The van der Waals surface area contributed by atoms with Crippen molar-refractivity contribution < 1.29 is 19.2 Å². The molecule has 0 saturated carbocycles. The van der Waals surface area contributed by atoms with Crippen LogP contribution in [0.1, 0.15) is 25.8 Å². The molecule has 1 fully saturated rings. The predicted molar refractivity (Wildman–Crippen MR) is 74.7 cm³/mol. The predicted octanol–water partition coefficient (Wildman–Crippen LogP) is 1.94. The Morgan fingerprint density at radius 1 is 1.33 bits per heavy atom. The zero-order chi connectivity index (χ0) is 15.0. The van der Waals surface area contributed by atoms with E-state index in [1.165, 1.54) is 0 Å². The molecule has 1 saturated heterocycles. The number of cyclic esters (lactones) is 1. The number of ether oxygens (including phenoxy) is 1.